The topological polar surface area (TPSA) is 58.5 Å². The summed E-state index contributed by atoms with van der Waals surface area (Å²) in [7, 11) is 0. The Balaban J connectivity index is 1.79. The summed E-state index contributed by atoms with van der Waals surface area (Å²) in [4.78, 5) is 8.61. The van der Waals surface area contributed by atoms with E-state index in [9.17, 15) is 0 Å². The predicted octanol–water partition coefficient (Wildman–Crippen LogP) is 2.52. The highest BCUT2D eigenvalue weighted by Crippen LogP contribution is 2.06. The molecule has 0 saturated heterocycles. The zero-order valence-electron chi connectivity index (χ0n) is 13.7. The van der Waals surface area contributed by atoms with Gasteiger partial charge in [0.2, 0.25) is 0 Å². The monoisotopic (exact) mass is 312 g/mol. The third-order valence-electron chi connectivity index (χ3n) is 3.14. The maximum atomic E-state index is 5.61. The van der Waals surface area contributed by atoms with Gasteiger partial charge in [-0.15, -0.1) is 0 Å². The molecule has 0 amide bonds. The van der Waals surface area contributed by atoms with Crippen molar-refractivity contribution in [3.63, 3.8) is 0 Å². The van der Waals surface area contributed by atoms with Crippen LogP contribution in [0.1, 0.15) is 18.1 Å². The number of guanidine groups is 1. The number of aryl methyl sites for hydroxylation is 1. The summed E-state index contributed by atoms with van der Waals surface area (Å²) < 4.78 is 5.61. The summed E-state index contributed by atoms with van der Waals surface area (Å²) in [5.41, 5.74) is 2.45. The fourth-order valence-corrected chi connectivity index (χ4v) is 2.09. The quantitative estimate of drug-likeness (QED) is 0.468. The minimum atomic E-state index is 0.556. The van der Waals surface area contributed by atoms with Crippen LogP contribution in [0, 0.1) is 6.92 Å². The highest BCUT2D eigenvalue weighted by atomic mass is 16.5. The molecule has 0 saturated carbocycles. The Hall–Kier alpha value is -2.56. The Morgan fingerprint density at radius 1 is 1.22 bits per heavy atom. The lowest BCUT2D eigenvalue weighted by molar-refractivity contribution is 0.320. The first-order valence-corrected chi connectivity index (χ1v) is 7.88. The molecule has 5 heteroatoms. The molecule has 2 rings (SSSR count). The number of aliphatic imine (C=N–C) groups is 1. The van der Waals surface area contributed by atoms with Gasteiger partial charge in [0.05, 0.1) is 19.3 Å². The maximum absolute atomic E-state index is 5.61. The average Bonchev–Trinajstić information content (AvgIpc) is 2.57. The van der Waals surface area contributed by atoms with Gasteiger partial charge in [-0.25, -0.2) is 4.99 Å². The molecular formula is C18H24N4O. The van der Waals surface area contributed by atoms with E-state index in [1.54, 1.807) is 12.4 Å². The van der Waals surface area contributed by atoms with Crippen molar-refractivity contribution in [3.8, 4) is 5.75 Å². The molecule has 1 heterocycles. The van der Waals surface area contributed by atoms with E-state index in [-0.39, 0.29) is 0 Å². The van der Waals surface area contributed by atoms with E-state index in [4.69, 9.17) is 4.74 Å². The third kappa shape index (κ3) is 6.38. The number of nitrogens with one attached hydrogen (secondary N) is 2. The molecule has 0 bridgehead atoms. The van der Waals surface area contributed by atoms with Crippen molar-refractivity contribution in [2.75, 3.05) is 19.7 Å². The SMILES string of the molecule is CCNC(=NCc1cccc(C)c1)NCCOc1cccnc1. The lowest BCUT2D eigenvalue weighted by Gasteiger charge is -2.12. The molecule has 5 nitrogen and oxygen atoms in total. The van der Waals surface area contributed by atoms with Gasteiger partial charge < -0.3 is 15.4 Å². The Bertz CT molecular complexity index is 613. The number of hydrogen-bond acceptors (Lipinski definition) is 3. The molecule has 0 atom stereocenters. The fraction of sp³-hybridized carbons (Fsp3) is 0.333. The smallest absolute Gasteiger partial charge is 0.191 e. The lowest BCUT2D eigenvalue weighted by atomic mass is 10.1. The second-order valence-electron chi connectivity index (χ2n) is 5.15. The van der Waals surface area contributed by atoms with Gasteiger partial charge in [-0.3, -0.25) is 4.98 Å². The molecule has 122 valence electrons. The Morgan fingerprint density at radius 3 is 2.87 bits per heavy atom. The number of rotatable bonds is 7. The number of aromatic nitrogens is 1. The molecule has 0 radical (unpaired) electrons. The van der Waals surface area contributed by atoms with E-state index >= 15 is 0 Å². The highest BCUT2D eigenvalue weighted by Gasteiger charge is 1.98. The van der Waals surface area contributed by atoms with E-state index in [1.165, 1.54) is 11.1 Å². The summed E-state index contributed by atoms with van der Waals surface area (Å²) in [5.74, 6) is 1.57. The molecule has 2 aromatic rings. The molecule has 1 aromatic carbocycles. The standard InChI is InChI=1S/C18H24N4O/c1-3-20-18(22-13-16-7-4-6-15(2)12-16)21-10-11-23-17-8-5-9-19-14-17/h4-9,12,14H,3,10-11,13H2,1-2H3,(H2,20,21,22). The summed E-state index contributed by atoms with van der Waals surface area (Å²) in [6.07, 6.45) is 3.43. The van der Waals surface area contributed by atoms with Crippen LogP contribution < -0.4 is 15.4 Å². The number of ether oxygens (including phenoxy) is 1. The largest absolute Gasteiger partial charge is 0.490 e. The number of nitrogens with zero attached hydrogens (tertiary/aromatic N) is 2. The average molecular weight is 312 g/mol. The first-order valence-electron chi connectivity index (χ1n) is 7.88. The first-order chi connectivity index (χ1) is 11.3. The fourth-order valence-electron chi connectivity index (χ4n) is 2.09. The van der Waals surface area contributed by atoms with Gasteiger partial charge in [0.1, 0.15) is 12.4 Å². The van der Waals surface area contributed by atoms with Crippen molar-refractivity contribution in [1.29, 1.82) is 0 Å². The van der Waals surface area contributed by atoms with Crippen molar-refractivity contribution in [3.05, 3.63) is 59.9 Å². The van der Waals surface area contributed by atoms with Crippen LogP contribution in [0.4, 0.5) is 0 Å². The Morgan fingerprint density at radius 2 is 2.13 bits per heavy atom. The first kappa shape index (κ1) is 16.8. The van der Waals surface area contributed by atoms with E-state index in [0.29, 0.717) is 19.7 Å². The van der Waals surface area contributed by atoms with Gasteiger partial charge in [-0.1, -0.05) is 29.8 Å². The van der Waals surface area contributed by atoms with E-state index in [1.807, 2.05) is 12.1 Å². The lowest BCUT2D eigenvalue weighted by Crippen LogP contribution is -2.39. The molecule has 23 heavy (non-hydrogen) atoms. The normalized spacial score (nSPS) is 11.1. The third-order valence-corrected chi connectivity index (χ3v) is 3.14. The molecule has 0 aliphatic heterocycles. The maximum Gasteiger partial charge on any atom is 0.191 e. The molecule has 2 N–H and O–H groups in total. The molecule has 0 unspecified atom stereocenters. The van der Waals surface area contributed by atoms with Crippen molar-refractivity contribution in [2.45, 2.75) is 20.4 Å². The second kappa shape index (κ2) is 9.46. The van der Waals surface area contributed by atoms with Crippen molar-refractivity contribution < 1.29 is 4.74 Å². The predicted molar refractivity (Wildman–Crippen MR) is 93.7 cm³/mol. The van der Waals surface area contributed by atoms with Crippen LogP contribution in [0.2, 0.25) is 0 Å². The van der Waals surface area contributed by atoms with Gasteiger partial charge in [0.25, 0.3) is 0 Å². The minimum absolute atomic E-state index is 0.556. The molecule has 0 aliphatic carbocycles. The van der Waals surface area contributed by atoms with Gasteiger partial charge in [0.15, 0.2) is 5.96 Å². The van der Waals surface area contributed by atoms with Crippen LogP contribution in [0.25, 0.3) is 0 Å². The van der Waals surface area contributed by atoms with Crippen LogP contribution in [-0.4, -0.2) is 30.6 Å². The van der Waals surface area contributed by atoms with E-state index in [2.05, 4.69) is 58.7 Å². The molecular weight excluding hydrogens is 288 g/mol. The summed E-state index contributed by atoms with van der Waals surface area (Å²) >= 11 is 0. The van der Waals surface area contributed by atoms with Gasteiger partial charge in [0, 0.05) is 12.7 Å². The molecule has 0 fully saturated rings. The highest BCUT2D eigenvalue weighted by molar-refractivity contribution is 5.79. The van der Waals surface area contributed by atoms with Crippen LogP contribution in [0.5, 0.6) is 5.75 Å². The van der Waals surface area contributed by atoms with Crippen LogP contribution >= 0.6 is 0 Å². The summed E-state index contributed by atoms with van der Waals surface area (Å²) in [6.45, 7) is 6.85. The molecule has 1 aromatic heterocycles. The summed E-state index contributed by atoms with van der Waals surface area (Å²) in [5, 5.41) is 6.51. The second-order valence-corrected chi connectivity index (χ2v) is 5.15. The van der Waals surface area contributed by atoms with Gasteiger partial charge >= 0.3 is 0 Å². The summed E-state index contributed by atoms with van der Waals surface area (Å²) in [6, 6.07) is 12.1. The van der Waals surface area contributed by atoms with Crippen LogP contribution in [0.3, 0.4) is 0 Å². The Labute approximate surface area is 137 Å². The minimum Gasteiger partial charge on any atom is -0.490 e. The molecule has 0 aliphatic rings. The van der Waals surface area contributed by atoms with Gasteiger partial charge in [-0.2, -0.15) is 0 Å². The number of hydrogen-bond donors (Lipinski definition) is 2. The van der Waals surface area contributed by atoms with E-state index in [0.717, 1.165) is 18.3 Å². The molecule has 0 spiro atoms. The van der Waals surface area contributed by atoms with Crippen molar-refractivity contribution in [1.82, 2.24) is 15.6 Å². The van der Waals surface area contributed by atoms with Crippen LogP contribution in [0.15, 0.2) is 53.8 Å². The number of pyridine rings is 1. The zero-order chi connectivity index (χ0) is 16.3. The number of benzene rings is 1. The van der Waals surface area contributed by atoms with E-state index < -0.39 is 0 Å². The Kier molecular flexibility index (Phi) is 6.91. The van der Waals surface area contributed by atoms with Crippen LogP contribution in [-0.2, 0) is 6.54 Å². The van der Waals surface area contributed by atoms with Crippen molar-refractivity contribution >= 4 is 5.96 Å². The van der Waals surface area contributed by atoms with Gasteiger partial charge in [-0.05, 0) is 31.5 Å². The van der Waals surface area contributed by atoms with Crippen molar-refractivity contribution in [2.24, 2.45) is 4.99 Å². The zero-order valence-corrected chi connectivity index (χ0v) is 13.7.